The molecule has 0 radical (unpaired) electrons. The molecule has 0 fully saturated rings. The molecule has 2 amide bonds. The van der Waals surface area contributed by atoms with E-state index in [1.807, 2.05) is 0 Å². The van der Waals surface area contributed by atoms with Gasteiger partial charge in [-0.3, -0.25) is 10.1 Å². The number of ether oxygens (including phenoxy) is 3. The molecule has 1 heterocycles. The number of nitrogens with one attached hydrogen (secondary N) is 2. The summed E-state index contributed by atoms with van der Waals surface area (Å²) < 4.78 is 16.0. The van der Waals surface area contributed by atoms with Crippen molar-refractivity contribution < 1.29 is 23.8 Å². The van der Waals surface area contributed by atoms with Gasteiger partial charge in [0, 0.05) is 6.07 Å². The molecule has 2 aromatic rings. The van der Waals surface area contributed by atoms with Crippen LogP contribution >= 0.6 is 0 Å². The predicted octanol–water partition coefficient (Wildman–Crippen LogP) is 1.11. The van der Waals surface area contributed by atoms with E-state index in [4.69, 9.17) is 9.47 Å². The maximum absolute atomic E-state index is 12.1. The summed E-state index contributed by atoms with van der Waals surface area (Å²) in [5.41, 5.74) is 0.467. The molecular formula is C14H17N5O5. The number of methoxy groups -OCH3 is 3. The van der Waals surface area contributed by atoms with E-state index in [9.17, 15) is 9.59 Å². The van der Waals surface area contributed by atoms with Crippen LogP contribution in [0.5, 0.6) is 11.5 Å². The third kappa shape index (κ3) is 4.35. The van der Waals surface area contributed by atoms with Gasteiger partial charge in [-0.05, 0) is 12.1 Å². The molecule has 1 aromatic carbocycles. The highest BCUT2D eigenvalue weighted by Crippen LogP contribution is 2.28. The summed E-state index contributed by atoms with van der Waals surface area (Å²) in [4.78, 5) is 23.2. The van der Waals surface area contributed by atoms with E-state index in [1.165, 1.54) is 32.2 Å². The predicted molar refractivity (Wildman–Crippen MR) is 84.2 cm³/mol. The first-order chi connectivity index (χ1) is 11.5. The van der Waals surface area contributed by atoms with Crippen LogP contribution in [0.2, 0.25) is 0 Å². The highest BCUT2D eigenvalue weighted by atomic mass is 16.5. The molecule has 2 rings (SSSR count). The number of nitrogens with zero attached hydrogens (tertiary/aromatic N) is 3. The van der Waals surface area contributed by atoms with Crippen LogP contribution in [0.25, 0.3) is 0 Å². The Balaban J connectivity index is 2.02. The van der Waals surface area contributed by atoms with Crippen LogP contribution in [0.1, 0.15) is 0 Å². The average Bonchev–Trinajstić information content (AvgIpc) is 3.01. The van der Waals surface area contributed by atoms with Gasteiger partial charge < -0.3 is 19.5 Å². The number of aromatic nitrogens is 3. The second-order valence-corrected chi connectivity index (χ2v) is 4.53. The summed E-state index contributed by atoms with van der Waals surface area (Å²) in [5, 5.41) is 12.5. The van der Waals surface area contributed by atoms with Crippen molar-refractivity contribution in [3.63, 3.8) is 0 Å². The monoisotopic (exact) mass is 335 g/mol. The summed E-state index contributed by atoms with van der Waals surface area (Å²) in [6.45, 7) is -0.101. The number of carbonyl (C=O) groups is 2. The molecule has 2 N–H and O–H groups in total. The molecule has 128 valence electrons. The van der Waals surface area contributed by atoms with Crippen molar-refractivity contribution in [2.45, 2.75) is 6.54 Å². The zero-order valence-electron chi connectivity index (χ0n) is 13.4. The van der Waals surface area contributed by atoms with Gasteiger partial charge in [-0.2, -0.15) is 0 Å². The molecule has 10 nitrogen and oxygen atoms in total. The Kier molecular flexibility index (Phi) is 5.55. The van der Waals surface area contributed by atoms with Gasteiger partial charge >= 0.3 is 6.09 Å². The summed E-state index contributed by atoms with van der Waals surface area (Å²) >= 11 is 0. The summed E-state index contributed by atoms with van der Waals surface area (Å²) in [7, 11) is 4.26. The fraction of sp³-hybridized carbons (Fsp3) is 0.286. The number of benzene rings is 1. The summed E-state index contributed by atoms with van der Waals surface area (Å²) in [6, 6.07) is 5.04. The Morgan fingerprint density at radius 2 is 1.96 bits per heavy atom. The fourth-order valence-corrected chi connectivity index (χ4v) is 1.84. The Morgan fingerprint density at radius 1 is 1.17 bits per heavy atom. The Labute approximate surface area is 137 Å². The average molecular weight is 335 g/mol. The van der Waals surface area contributed by atoms with Gasteiger partial charge in [0.1, 0.15) is 18.0 Å². The van der Waals surface area contributed by atoms with Crippen molar-refractivity contribution in [1.29, 1.82) is 0 Å². The number of carbonyl (C=O) groups excluding carboxylic acids is 2. The molecule has 10 heteroatoms. The quantitative estimate of drug-likeness (QED) is 0.812. The van der Waals surface area contributed by atoms with Gasteiger partial charge in [0.2, 0.25) is 5.91 Å². The second kappa shape index (κ2) is 7.81. The zero-order chi connectivity index (χ0) is 17.5. The number of hydrogen-bond donors (Lipinski definition) is 2. The first-order valence-electron chi connectivity index (χ1n) is 6.82. The topological polar surface area (TPSA) is 117 Å². The van der Waals surface area contributed by atoms with Crippen molar-refractivity contribution in [3.8, 4) is 11.5 Å². The molecule has 0 saturated heterocycles. The molecular weight excluding hydrogens is 318 g/mol. The van der Waals surface area contributed by atoms with Crippen LogP contribution < -0.4 is 20.1 Å². The molecule has 0 aliphatic carbocycles. The number of amides is 2. The van der Waals surface area contributed by atoms with E-state index in [-0.39, 0.29) is 18.3 Å². The highest BCUT2D eigenvalue weighted by molar-refractivity contribution is 5.92. The van der Waals surface area contributed by atoms with Crippen molar-refractivity contribution in [2.75, 3.05) is 32.0 Å². The first-order valence-corrected chi connectivity index (χ1v) is 6.82. The minimum Gasteiger partial charge on any atom is -0.497 e. The lowest BCUT2D eigenvalue weighted by Crippen LogP contribution is -2.19. The SMILES string of the molecule is COC(=O)Nc1cn(CC(=O)Nc2cc(OC)ccc2OC)nn1. The van der Waals surface area contributed by atoms with E-state index in [1.54, 1.807) is 18.2 Å². The lowest BCUT2D eigenvalue weighted by molar-refractivity contribution is -0.116. The van der Waals surface area contributed by atoms with Crippen LogP contribution in [0.4, 0.5) is 16.3 Å². The lowest BCUT2D eigenvalue weighted by Gasteiger charge is -2.11. The smallest absolute Gasteiger partial charge is 0.412 e. The molecule has 0 spiro atoms. The molecule has 1 aromatic heterocycles. The largest absolute Gasteiger partial charge is 0.497 e. The van der Waals surface area contributed by atoms with Crippen molar-refractivity contribution in [2.24, 2.45) is 0 Å². The molecule has 0 bridgehead atoms. The molecule has 0 aliphatic heterocycles. The first kappa shape index (κ1) is 17.1. The van der Waals surface area contributed by atoms with Gasteiger partial charge in [-0.1, -0.05) is 5.21 Å². The number of hydrogen-bond acceptors (Lipinski definition) is 7. The Morgan fingerprint density at radius 3 is 2.62 bits per heavy atom. The highest BCUT2D eigenvalue weighted by Gasteiger charge is 2.12. The normalized spacial score (nSPS) is 9.96. The van der Waals surface area contributed by atoms with E-state index in [0.29, 0.717) is 17.2 Å². The minimum absolute atomic E-state index is 0.101. The molecule has 0 aliphatic rings. The summed E-state index contributed by atoms with van der Waals surface area (Å²) in [6.07, 6.45) is 0.729. The molecule has 24 heavy (non-hydrogen) atoms. The standard InChI is InChI=1S/C14H17N5O5/c1-22-9-4-5-11(23-2)10(6-9)15-13(20)8-19-7-12(17-18-19)16-14(21)24-3/h4-7H,8H2,1-3H3,(H,15,20)(H,16,21). The number of rotatable bonds is 6. The lowest BCUT2D eigenvalue weighted by atomic mass is 10.2. The molecule has 0 atom stereocenters. The van der Waals surface area contributed by atoms with Crippen LogP contribution in [-0.4, -0.2) is 48.3 Å². The zero-order valence-corrected chi connectivity index (χ0v) is 13.4. The van der Waals surface area contributed by atoms with Gasteiger partial charge in [0.25, 0.3) is 0 Å². The fourth-order valence-electron chi connectivity index (χ4n) is 1.84. The van der Waals surface area contributed by atoms with Gasteiger partial charge in [0.05, 0.1) is 33.2 Å². The van der Waals surface area contributed by atoms with Crippen LogP contribution in [0.15, 0.2) is 24.4 Å². The Bertz CT molecular complexity index is 730. The second-order valence-electron chi connectivity index (χ2n) is 4.53. The van der Waals surface area contributed by atoms with Crippen LogP contribution in [0, 0.1) is 0 Å². The third-order valence-electron chi connectivity index (χ3n) is 2.94. The van der Waals surface area contributed by atoms with Crippen molar-refractivity contribution in [1.82, 2.24) is 15.0 Å². The van der Waals surface area contributed by atoms with E-state index < -0.39 is 6.09 Å². The van der Waals surface area contributed by atoms with Crippen LogP contribution in [-0.2, 0) is 16.1 Å². The molecule has 0 saturated carbocycles. The van der Waals surface area contributed by atoms with E-state index in [2.05, 4.69) is 25.7 Å². The minimum atomic E-state index is -0.674. The maximum Gasteiger partial charge on any atom is 0.412 e. The Hall–Kier alpha value is -3.30. The van der Waals surface area contributed by atoms with Gasteiger partial charge in [0.15, 0.2) is 5.82 Å². The summed E-state index contributed by atoms with van der Waals surface area (Å²) in [5.74, 6) is 0.900. The van der Waals surface area contributed by atoms with E-state index >= 15 is 0 Å². The molecule has 0 unspecified atom stereocenters. The van der Waals surface area contributed by atoms with Gasteiger partial charge in [-0.25, -0.2) is 9.48 Å². The number of anilines is 2. The van der Waals surface area contributed by atoms with Crippen molar-refractivity contribution in [3.05, 3.63) is 24.4 Å². The van der Waals surface area contributed by atoms with Crippen LogP contribution in [0.3, 0.4) is 0 Å². The third-order valence-corrected chi connectivity index (χ3v) is 2.94. The van der Waals surface area contributed by atoms with Crippen molar-refractivity contribution >= 4 is 23.5 Å². The van der Waals surface area contributed by atoms with Gasteiger partial charge in [-0.15, -0.1) is 5.10 Å². The maximum atomic E-state index is 12.1. The van der Waals surface area contributed by atoms with E-state index in [0.717, 1.165) is 0 Å².